The van der Waals surface area contributed by atoms with E-state index < -0.39 is 0 Å². The molecular weight excluding hydrogens is 442 g/mol. The zero-order chi connectivity index (χ0) is 23.2. The fourth-order valence-electron chi connectivity index (χ4n) is 5.18. The zero-order valence-corrected chi connectivity index (χ0v) is 21.0. The summed E-state index contributed by atoms with van der Waals surface area (Å²) in [4.78, 5) is 16.9. The minimum atomic E-state index is 0.559. The molecule has 5 rings (SSSR count). The SMILES string of the molecule is S=C(NCc1ccc(N2CCCC2)cc1)Nc1nc(N2CCCCCC2)cc(N2CCCC2)n1. The van der Waals surface area contributed by atoms with Crippen LogP contribution < -0.4 is 25.3 Å². The number of nitrogens with one attached hydrogen (secondary N) is 2. The van der Waals surface area contributed by atoms with Gasteiger partial charge in [0.25, 0.3) is 0 Å². The molecular formula is C26H37N7S. The van der Waals surface area contributed by atoms with Gasteiger partial charge < -0.3 is 25.3 Å². The van der Waals surface area contributed by atoms with Gasteiger partial charge in [-0.2, -0.15) is 9.97 Å². The van der Waals surface area contributed by atoms with Gasteiger partial charge >= 0.3 is 0 Å². The molecule has 0 bridgehead atoms. The van der Waals surface area contributed by atoms with Gasteiger partial charge in [0.05, 0.1) is 0 Å². The molecule has 1 aromatic heterocycles. The van der Waals surface area contributed by atoms with E-state index in [2.05, 4.69) is 55.7 Å². The van der Waals surface area contributed by atoms with Crippen molar-refractivity contribution in [1.82, 2.24) is 15.3 Å². The number of benzene rings is 1. The highest BCUT2D eigenvalue weighted by atomic mass is 32.1. The van der Waals surface area contributed by atoms with Crippen molar-refractivity contribution in [2.24, 2.45) is 0 Å². The lowest BCUT2D eigenvalue weighted by Gasteiger charge is -2.25. The molecule has 3 aliphatic rings. The lowest BCUT2D eigenvalue weighted by atomic mass is 10.2. The molecule has 0 amide bonds. The van der Waals surface area contributed by atoms with E-state index in [1.165, 1.54) is 75.7 Å². The minimum Gasteiger partial charge on any atom is -0.372 e. The molecule has 7 nitrogen and oxygen atoms in total. The first-order chi connectivity index (χ1) is 16.7. The van der Waals surface area contributed by atoms with Gasteiger partial charge in [-0.1, -0.05) is 25.0 Å². The molecule has 0 saturated carbocycles. The van der Waals surface area contributed by atoms with Crippen LogP contribution in [0.25, 0.3) is 0 Å². The molecule has 3 saturated heterocycles. The highest BCUT2D eigenvalue weighted by molar-refractivity contribution is 7.80. The normalized spacial score (nSPS) is 18.8. The summed E-state index contributed by atoms with van der Waals surface area (Å²) < 4.78 is 0. The molecule has 0 unspecified atom stereocenters. The summed E-state index contributed by atoms with van der Waals surface area (Å²) in [6, 6.07) is 11.0. The lowest BCUT2D eigenvalue weighted by Crippen LogP contribution is -2.31. The standard InChI is InChI=1S/C26H37N7S/c34-26(27-20-21-9-11-22(12-10-21)31-13-5-6-14-31)30-25-28-23(32-15-3-1-2-4-16-32)19-24(29-25)33-17-7-8-18-33/h9-12,19H,1-8,13-18,20H2,(H2,27,28,29,30,34). The Morgan fingerprint density at radius 3 is 1.76 bits per heavy atom. The molecule has 2 N–H and O–H groups in total. The summed E-state index contributed by atoms with van der Waals surface area (Å²) in [5.74, 6) is 2.61. The predicted octanol–water partition coefficient (Wildman–Crippen LogP) is 4.54. The second-order valence-corrected chi connectivity index (χ2v) is 10.1. The predicted molar refractivity (Wildman–Crippen MR) is 145 cm³/mol. The van der Waals surface area contributed by atoms with E-state index in [-0.39, 0.29) is 0 Å². The maximum Gasteiger partial charge on any atom is 0.232 e. The van der Waals surface area contributed by atoms with Crippen molar-refractivity contribution in [3.63, 3.8) is 0 Å². The Balaban J connectivity index is 1.23. The van der Waals surface area contributed by atoms with Crippen LogP contribution >= 0.6 is 12.2 Å². The summed E-state index contributed by atoms with van der Waals surface area (Å²) >= 11 is 5.61. The van der Waals surface area contributed by atoms with Crippen molar-refractivity contribution in [2.75, 3.05) is 59.3 Å². The zero-order valence-electron chi connectivity index (χ0n) is 20.1. The number of hydrogen-bond donors (Lipinski definition) is 2. The largest absolute Gasteiger partial charge is 0.372 e. The lowest BCUT2D eigenvalue weighted by molar-refractivity contribution is 0.726. The number of rotatable bonds is 6. The fourth-order valence-corrected chi connectivity index (χ4v) is 5.34. The van der Waals surface area contributed by atoms with Gasteiger partial charge in [0.1, 0.15) is 11.6 Å². The van der Waals surface area contributed by atoms with Crippen molar-refractivity contribution >= 4 is 40.6 Å². The molecule has 8 heteroatoms. The van der Waals surface area contributed by atoms with Crippen molar-refractivity contribution in [2.45, 2.75) is 57.9 Å². The van der Waals surface area contributed by atoms with Gasteiger partial charge in [-0.05, 0) is 68.4 Å². The van der Waals surface area contributed by atoms with E-state index in [1.807, 2.05) is 0 Å². The molecule has 2 aromatic rings. The van der Waals surface area contributed by atoms with Gasteiger partial charge in [-0.15, -0.1) is 0 Å². The van der Waals surface area contributed by atoms with E-state index >= 15 is 0 Å². The Kier molecular flexibility index (Phi) is 7.63. The summed E-state index contributed by atoms with van der Waals surface area (Å²) in [5, 5.41) is 7.16. The van der Waals surface area contributed by atoms with Crippen molar-refractivity contribution < 1.29 is 0 Å². The molecule has 1 aromatic carbocycles. The van der Waals surface area contributed by atoms with Gasteiger partial charge in [0.2, 0.25) is 5.95 Å². The van der Waals surface area contributed by atoms with Gasteiger partial charge in [-0.25, -0.2) is 0 Å². The summed E-state index contributed by atoms with van der Waals surface area (Å²) in [6.07, 6.45) is 10.1. The van der Waals surface area contributed by atoms with Crippen molar-refractivity contribution in [3.8, 4) is 0 Å². The van der Waals surface area contributed by atoms with Crippen LogP contribution in [-0.2, 0) is 6.54 Å². The summed E-state index contributed by atoms with van der Waals surface area (Å²) in [7, 11) is 0. The third kappa shape index (κ3) is 5.90. The maximum atomic E-state index is 5.61. The number of aromatic nitrogens is 2. The Hall–Kier alpha value is -2.61. The second kappa shape index (κ2) is 11.2. The molecule has 3 aliphatic heterocycles. The van der Waals surface area contributed by atoms with Gasteiger partial charge in [0.15, 0.2) is 5.11 Å². The molecule has 0 aliphatic carbocycles. The Morgan fingerprint density at radius 1 is 0.706 bits per heavy atom. The molecule has 3 fully saturated rings. The van der Waals surface area contributed by atoms with Crippen LogP contribution in [0.5, 0.6) is 0 Å². The molecule has 0 atom stereocenters. The van der Waals surface area contributed by atoms with Crippen LogP contribution in [0.4, 0.5) is 23.3 Å². The van der Waals surface area contributed by atoms with E-state index in [4.69, 9.17) is 22.2 Å². The van der Waals surface area contributed by atoms with Crippen LogP contribution in [0.1, 0.15) is 56.9 Å². The van der Waals surface area contributed by atoms with Crippen LogP contribution in [-0.4, -0.2) is 54.3 Å². The number of anilines is 4. The molecule has 182 valence electrons. The van der Waals surface area contributed by atoms with E-state index in [0.717, 1.165) is 37.8 Å². The minimum absolute atomic E-state index is 0.559. The number of hydrogen-bond acceptors (Lipinski definition) is 6. The first-order valence-electron chi connectivity index (χ1n) is 13.0. The molecule has 34 heavy (non-hydrogen) atoms. The number of thiocarbonyl (C=S) groups is 1. The van der Waals surface area contributed by atoms with E-state index in [9.17, 15) is 0 Å². The van der Waals surface area contributed by atoms with Crippen LogP contribution in [0.15, 0.2) is 30.3 Å². The third-order valence-corrected chi connectivity index (χ3v) is 7.39. The van der Waals surface area contributed by atoms with Crippen LogP contribution in [0, 0.1) is 0 Å². The number of nitrogens with zero attached hydrogens (tertiary/aromatic N) is 5. The molecule has 0 spiro atoms. The van der Waals surface area contributed by atoms with E-state index in [0.29, 0.717) is 17.6 Å². The van der Waals surface area contributed by atoms with Gasteiger partial charge in [0, 0.05) is 57.6 Å². The monoisotopic (exact) mass is 479 g/mol. The molecule has 4 heterocycles. The van der Waals surface area contributed by atoms with Crippen LogP contribution in [0.2, 0.25) is 0 Å². The fraction of sp³-hybridized carbons (Fsp3) is 0.577. The van der Waals surface area contributed by atoms with Crippen molar-refractivity contribution in [3.05, 3.63) is 35.9 Å². The summed E-state index contributed by atoms with van der Waals surface area (Å²) in [5.41, 5.74) is 2.53. The summed E-state index contributed by atoms with van der Waals surface area (Å²) in [6.45, 7) is 7.26. The maximum absolute atomic E-state index is 5.61. The molecule has 0 radical (unpaired) electrons. The average molecular weight is 480 g/mol. The van der Waals surface area contributed by atoms with Crippen molar-refractivity contribution in [1.29, 1.82) is 0 Å². The highest BCUT2D eigenvalue weighted by Gasteiger charge is 2.19. The Labute approximate surface area is 208 Å². The topological polar surface area (TPSA) is 59.6 Å². The highest BCUT2D eigenvalue weighted by Crippen LogP contribution is 2.26. The average Bonchev–Trinajstić information content (AvgIpc) is 3.53. The first-order valence-corrected chi connectivity index (χ1v) is 13.4. The quantitative estimate of drug-likeness (QED) is 0.586. The van der Waals surface area contributed by atoms with E-state index in [1.54, 1.807) is 0 Å². The smallest absolute Gasteiger partial charge is 0.232 e. The first kappa shape index (κ1) is 23.1. The third-order valence-electron chi connectivity index (χ3n) is 7.15. The van der Waals surface area contributed by atoms with Gasteiger partial charge in [-0.3, -0.25) is 0 Å². The van der Waals surface area contributed by atoms with Crippen LogP contribution in [0.3, 0.4) is 0 Å². The Morgan fingerprint density at radius 2 is 1.21 bits per heavy atom. The second-order valence-electron chi connectivity index (χ2n) is 9.67. The Bertz CT molecular complexity index is 944.